The van der Waals surface area contributed by atoms with Crippen LogP contribution in [0.15, 0.2) is 46.4 Å². The Morgan fingerprint density at radius 1 is 1.00 bits per heavy atom. The lowest BCUT2D eigenvalue weighted by molar-refractivity contribution is 0.482. The maximum atomic E-state index is 6.40. The Labute approximate surface area is 166 Å². The van der Waals surface area contributed by atoms with Gasteiger partial charge in [-0.15, -0.1) is 0 Å². The molecule has 0 aromatic heterocycles. The minimum absolute atomic E-state index is 0.114. The molecule has 2 aromatic rings. The van der Waals surface area contributed by atoms with Crippen LogP contribution in [-0.4, -0.2) is 17.6 Å². The fourth-order valence-electron chi connectivity index (χ4n) is 2.64. The molecule has 6 nitrogen and oxygen atoms in total. The number of aliphatic imine (C=N–C) groups is 2. The average molecular weight is 413 g/mol. The summed E-state index contributed by atoms with van der Waals surface area (Å²) in [5.74, 6) is 1.19. The molecule has 0 aliphatic carbocycles. The molecule has 26 heavy (non-hydrogen) atoms. The van der Waals surface area contributed by atoms with Gasteiger partial charge in [-0.1, -0.05) is 34.8 Å². The van der Waals surface area contributed by atoms with E-state index in [0.29, 0.717) is 32.3 Å². The van der Waals surface area contributed by atoms with E-state index in [1.807, 2.05) is 13.8 Å². The lowest BCUT2D eigenvalue weighted by Gasteiger charge is -2.38. The van der Waals surface area contributed by atoms with Crippen molar-refractivity contribution in [2.75, 3.05) is 4.90 Å². The summed E-state index contributed by atoms with van der Waals surface area (Å²) < 4.78 is 5.78. The Hall–Kier alpha value is -2.15. The second kappa shape index (κ2) is 6.87. The van der Waals surface area contributed by atoms with E-state index in [0.717, 1.165) is 0 Å². The minimum atomic E-state index is -0.749. The second-order valence-electron chi connectivity index (χ2n) is 6.06. The van der Waals surface area contributed by atoms with Crippen LogP contribution in [0.3, 0.4) is 0 Å². The zero-order valence-electron chi connectivity index (χ0n) is 14.0. The highest BCUT2D eigenvalue weighted by atomic mass is 35.5. The molecule has 1 aliphatic rings. The third kappa shape index (κ3) is 3.67. The number of rotatable bonds is 3. The van der Waals surface area contributed by atoms with Crippen LogP contribution in [0.1, 0.15) is 13.8 Å². The van der Waals surface area contributed by atoms with E-state index in [1.54, 1.807) is 41.3 Å². The van der Waals surface area contributed by atoms with Crippen LogP contribution in [0.5, 0.6) is 11.5 Å². The van der Waals surface area contributed by atoms with Crippen molar-refractivity contribution in [3.63, 3.8) is 0 Å². The Balaban J connectivity index is 1.97. The van der Waals surface area contributed by atoms with Crippen LogP contribution in [0.2, 0.25) is 15.1 Å². The lowest BCUT2D eigenvalue weighted by atomic mass is 10.1. The summed E-state index contributed by atoms with van der Waals surface area (Å²) in [6, 6.07) is 10.2. The molecule has 0 fully saturated rings. The third-order valence-corrected chi connectivity index (χ3v) is 4.48. The summed E-state index contributed by atoms with van der Waals surface area (Å²) >= 11 is 18.7. The maximum Gasteiger partial charge on any atom is 0.220 e. The fourth-order valence-corrected chi connectivity index (χ4v) is 3.32. The molecule has 1 heterocycles. The molecule has 0 unspecified atom stereocenters. The van der Waals surface area contributed by atoms with E-state index >= 15 is 0 Å². The largest absolute Gasteiger partial charge is 0.454 e. The van der Waals surface area contributed by atoms with E-state index in [2.05, 4.69) is 9.98 Å². The number of guanidine groups is 2. The van der Waals surface area contributed by atoms with Gasteiger partial charge in [-0.25, -0.2) is 4.99 Å². The van der Waals surface area contributed by atoms with Crippen LogP contribution >= 0.6 is 34.8 Å². The van der Waals surface area contributed by atoms with Crippen LogP contribution in [0.4, 0.5) is 5.69 Å². The number of hydrogen-bond acceptors (Lipinski definition) is 6. The summed E-state index contributed by atoms with van der Waals surface area (Å²) in [6.07, 6.45) is 0. The van der Waals surface area contributed by atoms with Gasteiger partial charge in [0.15, 0.2) is 5.75 Å². The van der Waals surface area contributed by atoms with Gasteiger partial charge in [0, 0.05) is 10.7 Å². The highest BCUT2D eigenvalue weighted by molar-refractivity contribution is 6.37. The van der Waals surface area contributed by atoms with Crippen LogP contribution < -0.4 is 21.1 Å². The quantitative estimate of drug-likeness (QED) is 0.769. The molecular formula is C17H16Cl3N5O. The zero-order chi connectivity index (χ0) is 19.1. The van der Waals surface area contributed by atoms with E-state index in [-0.39, 0.29) is 11.9 Å². The predicted molar refractivity (Wildman–Crippen MR) is 108 cm³/mol. The summed E-state index contributed by atoms with van der Waals surface area (Å²) in [6.45, 7) is 3.70. The topological polar surface area (TPSA) is 89.2 Å². The second-order valence-corrected chi connectivity index (χ2v) is 7.32. The van der Waals surface area contributed by atoms with Gasteiger partial charge in [0.05, 0.1) is 10.0 Å². The molecule has 0 amide bonds. The van der Waals surface area contributed by atoms with Crippen molar-refractivity contribution in [2.24, 2.45) is 21.5 Å². The van der Waals surface area contributed by atoms with Crippen LogP contribution in [0, 0.1) is 0 Å². The molecule has 0 bridgehead atoms. The predicted octanol–water partition coefficient (Wildman–Crippen LogP) is 4.62. The standard InChI is InChI=1S/C17H16Cl3N5O/c1-17(2)24-15(21)23-16(22)25(17)10-7-12(19)14(13(20)8-10)26-11-5-3-9(18)4-6-11/h3-8H,1-2H3,(H4,21,22,23,24). The fraction of sp³-hybridized carbons (Fsp3) is 0.176. The first kappa shape index (κ1) is 18.6. The molecular weight excluding hydrogens is 397 g/mol. The highest BCUT2D eigenvalue weighted by Crippen LogP contribution is 2.41. The summed E-state index contributed by atoms with van der Waals surface area (Å²) in [5, 5.41) is 1.23. The van der Waals surface area contributed by atoms with Gasteiger partial charge in [0.25, 0.3) is 0 Å². The minimum Gasteiger partial charge on any atom is -0.454 e. The zero-order valence-corrected chi connectivity index (χ0v) is 16.3. The van der Waals surface area contributed by atoms with Crippen molar-refractivity contribution in [2.45, 2.75) is 19.5 Å². The van der Waals surface area contributed by atoms with E-state index < -0.39 is 5.66 Å². The van der Waals surface area contributed by atoms with Gasteiger partial charge in [-0.05, 0) is 50.2 Å². The van der Waals surface area contributed by atoms with Gasteiger partial charge in [0.2, 0.25) is 11.9 Å². The normalized spacial score (nSPS) is 16.1. The summed E-state index contributed by atoms with van der Waals surface area (Å²) in [5.41, 5.74) is 11.6. The molecule has 3 rings (SSSR count). The number of benzene rings is 2. The molecule has 0 saturated heterocycles. The lowest BCUT2D eigenvalue weighted by Crippen LogP contribution is -2.54. The molecule has 0 spiro atoms. The first-order chi connectivity index (χ1) is 12.2. The summed E-state index contributed by atoms with van der Waals surface area (Å²) in [4.78, 5) is 10.0. The van der Waals surface area contributed by atoms with E-state index in [4.69, 9.17) is 51.0 Å². The number of ether oxygens (including phenoxy) is 1. The molecule has 0 saturated carbocycles. The highest BCUT2D eigenvalue weighted by Gasteiger charge is 2.33. The van der Waals surface area contributed by atoms with E-state index in [1.165, 1.54) is 0 Å². The Morgan fingerprint density at radius 3 is 2.12 bits per heavy atom. The molecule has 1 aliphatic heterocycles. The molecule has 0 radical (unpaired) electrons. The van der Waals surface area contributed by atoms with Crippen molar-refractivity contribution in [3.05, 3.63) is 51.5 Å². The van der Waals surface area contributed by atoms with Crippen LogP contribution in [-0.2, 0) is 0 Å². The number of nitrogens with two attached hydrogens (primary N) is 2. The number of anilines is 1. The van der Waals surface area contributed by atoms with Crippen molar-refractivity contribution in [1.82, 2.24) is 0 Å². The Bertz CT molecular complexity index is 886. The van der Waals surface area contributed by atoms with Crippen molar-refractivity contribution in [1.29, 1.82) is 0 Å². The number of nitrogens with zero attached hydrogens (tertiary/aromatic N) is 3. The molecule has 4 N–H and O–H groups in total. The van der Waals surface area contributed by atoms with Crippen molar-refractivity contribution >= 4 is 52.4 Å². The van der Waals surface area contributed by atoms with Gasteiger partial charge >= 0.3 is 0 Å². The Kier molecular flexibility index (Phi) is 4.92. The van der Waals surface area contributed by atoms with Crippen molar-refractivity contribution < 1.29 is 4.74 Å². The van der Waals surface area contributed by atoms with Gasteiger partial charge in [-0.3, -0.25) is 4.90 Å². The first-order valence-corrected chi connectivity index (χ1v) is 8.73. The van der Waals surface area contributed by atoms with Gasteiger partial charge in [0.1, 0.15) is 11.4 Å². The smallest absolute Gasteiger partial charge is 0.220 e. The third-order valence-electron chi connectivity index (χ3n) is 3.67. The van der Waals surface area contributed by atoms with E-state index in [9.17, 15) is 0 Å². The molecule has 0 atom stereocenters. The maximum absolute atomic E-state index is 6.40. The molecule has 136 valence electrons. The monoisotopic (exact) mass is 411 g/mol. The first-order valence-electron chi connectivity index (χ1n) is 7.59. The number of hydrogen-bond donors (Lipinski definition) is 2. The van der Waals surface area contributed by atoms with Crippen molar-refractivity contribution in [3.8, 4) is 11.5 Å². The number of halogens is 3. The van der Waals surface area contributed by atoms with Crippen LogP contribution in [0.25, 0.3) is 0 Å². The van der Waals surface area contributed by atoms with Gasteiger partial charge < -0.3 is 16.2 Å². The van der Waals surface area contributed by atoms with Gasteiger partial charge in [-0.2, -0.15) is 4.99 Å². The summed E-state index contributed by atoms with van der Waals surface area (Å²) in [7, 11) is 0. The SMILES string of the molecule is CC1(C)N=C(N)N=C(N)N1c1cc(Cl)c(Oc2ccc(Cl)cc2)c(Cl)c1. The average Bonchev–Trinajstić information content (AvgIpc) is 2.50. The molecule has 2 aromatic carbocycles. The molecule has 9 heteroatoms. The Morgan fingerprint density at radius 2 is 1.58 bits per heavy atom.